The van der Waals surface area contributed by atoms with Gasteiger partial charge in [-0.2, -0.15) is 13.2 Å². The number of nitrogens with zero attached hydrogens (tertiary/aromatic N) is 5. The van der Waals surface area contributed by atoms with Crippen LogP contribution in [0.4, 0.5) is 13.2 Å². The molecule has 2 aliphatic rings. The van der Waals surface area contributed by atoms with E-state index in [4.69, 9.17) is 14.6 Å². The van der Waals surface area contributed by atoms with Gasteiger partial charge in [0.15, 0.2) is 0 Å². The molecular formula is C19H24F3N5O3. The number of carboxylic acids is 1. The predicted molar refractivity (Wildman–Crippen MR) is 100 cm³/mol. The van der Waals surface area contributed by atoms with E-state index in [0.29, 0.717) is 17.8 Å². The minimum absolute atomic E-state index is 0.500. The van der Waals surface area contributed by atoms with Crippen molar-refractivity contribution >= 4 is 5.97 Å². The lowest BCUT2D eigenvalue weighted by atomic mass is 10.0. The Morgan fingerprint density at radius 1 is 1.23 bits per heavy atom. The van der Waals surface area contributed by atoms with Crippen LogP contribution in [0, 0.1) is 0 Å². The Morgan fingerprint density at radius 2 is 1.90 bits per heavy atom. The zero-order valence-corrected chi connectivity index (χ0v) is 16.5. The SMILES string of the molecule is COc1ccc(CN2CCC(n3cc(C4CC4)nn3)CC2)cn1.O=C(O)C(F)(F)F. The number of carboxylic acid groups (broad SMARTS) is 1. The first-order valence-electron chi connectivity index (χ1n) is 9.69. The number of halogens is 3. The second-order valence-corrected chi connectivity index (χ2v) is 7.42. The number of aliphatic carboxylic acids is 1. The largest absolute Gasteiger partial charge is 0.490 e. The Bertz CT molecular complexity index is 829. The summed E-state index contributed by atoms with van der Waals surface area (Å²) < 4.78 is 38.9. The molecule has 0 amide bonds. The van der Waals surface area contributed by atoms with Gasteiger partial charge < -0.3 is 9.84 Å². The zero-order valence-electron chi connectivity index (χ0n) is 16.5. The summed E-state index contributed by atoms with van der Waals surface area (Å²) in [5.74, 6) is -1.40. The highest BCUT2D eigenvalue weighted by atomic mass is 19.4. The summed E-state index contributed by atoms with van der Waals surface area (Å²) in [4.78, 5) is 15.7. The van der Waals surface area contributed by atoms with E-state index < -0.39 is 12.1 Å². The average molecular weight is 427 g/mol. The molecule has 11 heteroatoms. The standard InChI is InChI=1S/C17H23N5O.C2HF3O2/c1-23-17-5-2-13(10-18-17)11-21-8-6-15(7-9-21)22-12-16(19-20-22)14-3-4-14;3-2(4,5)1(6)7/h2,5,10,12,14-15H,3-4,6-9,11H2,1H3;(H,6,7). The third-order valence-corrected chi connectivity index (χ3v) is 5.11. The molecule has 0 aromatic carbocycles. The monoisotopic (exact) mass is 427 g/mol. The lowest BCUT2D eigenvalue weighted by Crippen LogP contribution is -2.34. The van der Waals surface area contributed by atoms with Crippen molar-refractivity contribution < 1.29 is 27.8 Å². The van der Waals surface area contributed by atoms with Gasteiger partial charge in [-0.05, 0) is 31.2 Å². The van der Waals surface area contributed by atoms with Crippen molar-refractivity contribution in [2.24, 2.45) is 0 Å². The summed E-state index contributed by atoms with van der Waals surface area (Å²) >= 11 is 0. The van der Waals surface area contributed by atoms with Crippen LogP contribution in [0.5, 0.6) is 5.88 Å². The molecule has 1 aliphatic heterocycles. The normalized spacial score (nSPS) is 17.9. The summed E-state index contributed by atoms with van der Waals surface area (Å²) in [5, 5.41) is 15.8. The van der Waals surface area contributed by atoms with Crippen LogP contribution >= 0.6 is 0 Å². The number of likely N-dealkylation sites (tertiary alicyclic amines) is 1. The highest BCUT2D eigenvalue weighted by Gasteiger charge is 2.38. The van der Waals surface area contributed by atoms with Crippen molar-refractivity contribution in [2.75, 3.05) is 20.2 Å². The second kappa shape index (κ2) is 9.41. The van der Waals surface area contributed by atoms with E-state index in [1.54, 1.807) is 7.11 Å². The van der Waals surface area contributed by atoms with Crippen molar-refractivity contribution in [1.29, 1.82) is 0 Å². The maximum atomic E-state index is 10.6. The van der Waals surface area contributed by atoms with Gasteiger partial charge in [-0.3, -0.25) is 4.90 Å². The lowest BCUT2D eigenvalue weighted by molar-refractivity contribution is -0.192. The van der Waals surface area contributed by atoms with Crippen LogP contribution in [-0.2, 0) is 11.3 Å². The van der Waals surface area contributed by atoms with Gasteiger partial charge in [0.25, 0.3) is 0 Å². The molecule has 0 bridgehead atoms. The highest BCUT2D eigenvalue weighted by Crippen LogP contribution is 2.39. The quantitative estimate of drug-likeness (QED) is 0.784. The predicted octanol–water partition coefficient (Wildman–Crippen LogP) is 3.03. The number of carbonyl (C=O) groups is 1. The smallest absolute Gasteiger partial charge is 0.481 e. The van der Waals surface area contributed by atoms with Gasteiger partial charge in [-0.1, -0.05) is 11.3 Å². The summed E-state index contributed by atoms with van der Waals surface area (Å²) in [6.07, 6.45) is 3.84. The van der Waals surface area contributed by atoms with Crippen molar-refractivity contribution in [3.05, 3.63) is 35.8 Å². The summed E-state index contributed by atoms with van der Waals surface area (Å²) in [6.45, 7) is 3.14. The third-order valence-electron chi connectivity index (χ3n) is 5.11. The first-order chi connectivity index (χ1) is 14.3. The van der Waals surface area contributed by atoms with E-state index in [0.717, 1.165) is 32.5 Å². The minimum Gasteiger partial charge on any atom is -0.481 e. The van der Waals surface area contributed by atoms with E-state index in [1.807, 2.05) is 12.3 Å². The molecule has 2 aromatic rings. The van der Waals surface area contributed by atoms with Crippen molar-refractivity contribution in [3.63, 3.8) is 0 Å². The lowest BCUT2D eigenvalue weighted by Gasteiger charge is -2.31. The van der Waals surface area contributed by atoms with Crippen molar-refractivity contribution in [3.8, 4) is 5.88 Å². The fourth-order valence-corrected chi connectivity index (χ4v) is 3.26. The minimum atomic E-state index is -5.08. The number of rotatable bonds is 5. The van der Waals surface area contributed by atoms with Crippen molar-refractivity contribution in [1.82, 2.24) is 24.9 Å². The number of pyridine rings is 1. The van der Waals surface area contributed by atoms with Gasteiger partial charge in [-0.15, -0.1) is 5.10 Å². The summed E-state index contributed by atoms with van der Waals surface area (Å²) in [7, 11) is 1.64. The van der Waals surface area contributed by atoms with E-state index >= 15 is 0 Å². The molecule has 0 atom stereocenters. The first-order valence-corrected chi connectivity index (χ1v) is 9.69. The van der Waals surface area contributed by atoms with Gasteiger partial charge in [0, 0.05) is 44.0 Å². The van der Waals surface area contributed by atoms with Crippen LogP contribution in [0.1, 0.15) is 48.9 Å². The van der Waals surface area contributed by atoms with Crippen LogP contribution < -0.4 is 4.74 Å². The molecule has 0 spiro atoms. The van der Waals surface area contributed by atoms with Gasteiger partial charge in [0.05, 0.1) is 18.8 Å². The van der Waals surface area contributed by atoms with Crippen LogP contribution in [-0.4, -0.2) is 62.3 Å². The van der Waals surface area contributed by atoms with Crippen LogP contribution in [0.25, 0.3) is 0 Å². The molecule has 8 nitrogen and oxygen atoms in total. The van der Waals surface area contributed by atoms with Gasteiger partial charge in [0.2, 0.25) is 5.88 Å². The topological polar surface area (TPSA) is 93.4 Å². The molecule has 164 valence electrons. The molecule has 4 rings (SSSR count). The number of ether oxygens (including phenoxy) is 1. The average Bonchev–Trinajstić information content (AvgIpc) is 3.46. The van der Waals surface area contributed by atoms with E-state index in [2.05, 4.69) is 37.1 Å². The molecule has 2 aromatic heterocycles. The summed E-state index contributed by atoms with van der Waals surface area (Å²) in [6, 6.07) is 4.52. The highest BCUT2D eigenvalue weighted by molar-refractivity contribution is 5.73. The van der Waals surface area contributed by atoms with Crippen LogP contribution in [0.15, 0.2) is 24.5 Å². The van der Waals surface area contributed by atoms with E-state index in [1.165, 1.54) is 24.1 Å². The number of hydrogen-bond donors (Lipinski definition) is 1. The first kappa shape index (κ1) is 22.0. The molecule has 30 heavy (non-hydrogen) atoms. The maximum absolute atomic E-state index is 10.6. The number of methoxy groups -OCH3 is 1. The Balaban J connectivity index is 0.000000318. The molecule has 1 saturated carbocycles. The summed E-state index contributed by atoms with van der Waals surface area (Å²) in [5.41, 5.74) is 2.43. The van der Waals surface area contributed by atoms with E-state index in [-0.39, 0.29) is 0 Å². The Labute approximate surface area is 171 Å². The van der Waals surface area contributed by atoms with Crippen molar-refractivity contribution in [2.45, 2.75) is 50.4 Å². The molecular weight excluding hydrogens is 403 g/mol. The number of alkyl halides is 3. The molecule has 0 radical (unpaired) electrons. The zero-order chi connectivity index (χ0) is 21.7. The van der Waals surface area contributed by atoms with Gasteiger partial charge >= 0.3 is 12.1 Å². The molecule has 3 heterocycles. The molecule has 1 N–H and O–H groups in total. The maximum Gasteiger partial charge on any atom is 0.490 e. The molecule has 0 unspecified atom stereocenters. The third kappa shape index (κ3) is 6.15. The van der Waals surface area contributed by atoms with Crippen LogP contribution in [0.2, 0.25) is 0 Å². The Kier molecular flexibility index (Phi) is 6.91. The molecule has 2 fully saturated rings. The van der Waals surface area contributed by atoms with Gasteiger partial charge in [-0.25, -0.2) is 14.5 Å². The fraction of sp³-hybridized carbons (Fsp3) is 0.579. The van der Waals surface area contributed by atoms with E-state index in [9.17, 15) is 13.2 Å². The number of aromatic nitrogens is 4. The number of piperidine rings is 1. The van der Waals surface area contributed by atoms with Gasteiger partial charge in [0.1, 0.15) is 0 Å². The molecule has 1 saturated heterocycles. The Morgan fingerprint density at radius 3 is 2.40 bits per heavy atom. The Hall–Kier alpha value is -2.69. The van der Waals surface area contributed by atoms with Crippen LogP contribution in [0.3, 0.4) is 0 Å². The fourth-order valence-electron chi connectivity index (χ4n) is 3.26. The second-order valence-electron chi connectivity index (χ2n) is 7.42. The number of hydrogen-bond acceptors (Lipinski definition) is 6. The molecule has 1 aliphatic carbocycles.